The van der Waals surface area contributed by atoms with E-state index in [1.165, 1.54) is 244 Å². The van der Waals surface area contributed by atoms with Crippen molar-refractivity contribution in [1.29, 1.82) is 0 Å². The van der Waals surface area contributed by atoms with Gasteiger partial charge in [-0.3, -0.25) is 18.6 Å². The van der Waals surface area contributed by atoms with Crippen molar-refractivity contribution in [1.82, 2.24) is 5.32 Å². The number of phosphoric acid groups is 1. The maximum absolute atomic E-state index is 13.6. The molecule has 0 heterocycles. The summed E-state index contributed by atoms with van der Waals surface area (Å²) in [7, 11) is 1.51. The molecule has 0 spiro atoms. The van der Waals surface area contributed by atoms with Gasteiger partial charge < -0.3 is 19.4 Å². The summed E-state index contributed by atoms with van der Waals surface area (Å²) in [4.78, 5) is 37.9. The number of amides is 1. The first-order chi connectivity index (χ1) is 38.4. The number of phosphoric ester groups is 1. The minimum absolute atomic E-state index is 0.0419. The summed E-state index contributed by atoms with van der Waals surface area (Å²) in [6.45, 7) is 7.04. The van der Waals surface area contributed by atoms with Crippen LogP contribution in [0.25, 0.3) is 0 Å². The molecule has 0 rings (SSSR count). The van der Waals surface area contributed by atoms with Gasteiger partial charge in [0, 0.05) is 12.8 Å². The van der Waals surface area contributed by atoms with Gasteiger partial charge in [-0.25, -0.2) is 4.57 Å². The van der Waals surface area contributed by atoms with E-state index >= 15 is 0 Å². The van der Waals surface area contributed by atoms with Gasteiger partial charge in [-0.15, -0.1) is 0 Å². The Bertz CT molecular complexity index is 1450. The van der Waals surface area contributed by atoms with Crippen LogP contribution in [0.15, 0.2) is 36.5 Å². The smallest absolute Gasteiger partial charge is 0.456 e. The third kappa shape index (κ3) is 60.6. The Morgan fingerprint density at radius 1 is 0.443 bits per heavy atom. The maximum Gasteiger partial charge on any atom is 0.472 e. The molecule has 0 saturated carbocycles. The van der Waals surface area contributed by atoms with Gasteiger partial charge in [0.2, 0.25) is 5.91 Å². The van der Waals surface area contributed by atoms with Crippen molar-refractivity contribution in [2.24, 2.45) is 0 Å². The third-order valence-electron chi connectivity index (χ3n) is 15.6. The highest BCUT2D eigenvalue weighted by molar-refractivity contribution is 7.47. The van der Waals surface area contributed by atoms with Gasteiger partial charge >= 0.3 is 13.8 Å². The van der Waals surface area contributed by atoms with Gasteiger partial charge in [0.15, 0.2) is 0 Å². The van der Waals surface area contributed by atoms with Crippen molar-refractivity contribution in [3.63, 3.8) is 0 Å². The number of esters is 1. The molecule has 2 N–H and O–H groups in total. The number of hydrogen-bond donors (Lipinski definition) is 2. The lowest BCUT2D eigenvalue weighted by Gasteiger charge is -2.27. The molecule has 0 aliphatic rings. The summed E-state index contributed by atoms with van der Waals surface area (Å²) < 4.78 is 30.8. The molecule has 79 heavy (non-hydrogen) atoms. The number of hydrogen-bond acceptors (Lipinski definition) is 6. The lowest BCUT2D eigenvalue weighted by Crippen LogP contribution is -2.47. The van der Waals surface area contributed by atoms with Crippen LogP contribution in [-0.4, -0.2) is 74.3 Å². The summed E-state index contributed by atoms with van der Waals surface area (Å²) in [5.41, 5.74) is 0. The normalized spacial score (nSPS) is 13.8. The molecule has 0 radical (unpaired) electrons. The molecule has 0 aromatic carbocycles. The standard InChI is InChI=1S/C69H133N2O7P/c1-7-10-13-16-19-22-25-28-30-32-34-35-37-39-41-44-47-50-53-56-59-62-69(73)78-67(60-57-54-51-48-45-42-27-24-21-18-15-12-9-3)66(65-77-79(74,75)76-64-63-71(4,5)6)70-68(72)61-58-55-52-49-46-43-40-38-36-33-31-29-26-23-20-17-14-11-8-2/h20,23,29,31,57,60,66-67H,7-19,21-22,24-28,30,32-56,58-59,61-65H2,1-6H3,(H-,70,72,74,75)/p+1/b23-20-,31-29-,60-57+. The number of carbonyl (C=O) groups excluding carboxylic acids is 2. The van der Waals surface area contributed by atoms with E-state index in [9.17, 15) is 19.0 Å². The number of likely N-dealkylation sites (N-methyl/N-ethyl adjacent to an activating group) is 1. The zero-order chi connectivity index (χ0) is 57.9. The Morgan fingerprint density at radius 3 is 1.16 bits per heavy atom. The summed E-state index contributed by atoms with van der Waals surface area (Å²) in [5, 5.41) is 3.07. The van der Waals surface area contributed by atoms with Crippen LogP contribution in [-0.2, 0) is 27.9 Å². The molecule has 0 aliphatic carbocycles. The number of allylic oxidation sites excluding steroid dienone is 5. The molecule has 466 valence electrons. The molecule has 0 aromatic rings. The van der Waals surface area contributed by atoms with E-state index in [1.54, 1.807) is 0 Å². The van der Waals surface area contributed by atoms with Gasteiger partial charge in [0.1, 0.15) is 19.3 Å². The Labute approximate surface area is 491 Å². The molecule has 0 bridgehead atoms. The molecular formula is C69H134N2O7P+. The molecule has 10 heteroatoms. The average Bonchev–Trinajstić information content (AvgIpc) is 3.41. The van der Waals surface area contributed by atoms with Crippen molar-refractivity contribution in [2.75, 3.05) is 40.9 Å². The lowest BCUT2D eigenvalue weighted by atomic mass is 10.0. The van der Waals surface area contributed by atoms with Crippen LogP contribution < -0.4 is 5.32 Å². The second-order valence-electron chi connectivity index (χ2n) is 24.7. The second-order valence-corrected chi connectivity index (χ2v) is 26.2. The quantitative estimate of drug-likeness (QED) is 0.0205. The first-order valence-corrected chi connectivity index (χ1v) is 35.8. The van der Waals surface area contributed by atoms with Crippen LogP contribution in [0.1, 0.15) is 342 Å². The molecule has 9 nitrogen and oxygen atoms in total. The van der Waals surface area contributed by atoms with E-state index < -0.39 is 20.0 Å². The summed E-state index contributed by atoms with van der Waals surface area (Å²) in [5.74, 6) is -0.491. The maximum atomic E-state index is 13.6. The number of rotatable bonds is 63. The Hall–Kier alpha value is -1.77. The van der Waals surface area contributed by atoms with E-state index in [0.29, 0.717) is 23.9 Å². The van der Waals surface area contributed by atoms with Crippen LogP contribution >= 0.6 is 7.82 Å². The fraction of sp³-hybridized carbons (Fsp3) is 0.884. The molecule has 0 aliphatic heterocycles. The molecule has 0 fully saturated rings. The van der Waals surface area contributed by atoms with Gasteiger partial charge in [-0.1, -0.05) is 302 Å². The van der Waals surface area contributed by atoms with E-state index in [2.05, 4.69) is 50.4 Å². The molecule has 0 aromatic heterocycles. The zero-order valence-electron chi connectivity index (χ0n) is 53.4. The van der Waals surface area contributed by atoms with E-state index in [4.69, 9.17) is 13.8 Å². The minimum atomic E-state index is -4.45. The highest BCUT2D eigenvalue weighted by atomic mass is 31.2. The average molecular weight is 1130 g/mol. The first-order valence-electron chi connectivity index (χ1n) is 34.3. The SMILES string of the molecule is CCCCC/C=C\C/C=C\CCCCCCCCCCCC(=O)NC(COP(=O)(O)OCC[N+](C)(C)C)C(/C=C/CCCCCCCCCCCCC)OC(=O)CCCCCCCCCCCCCCCCCCCCCCC. The number of ether oxygens (including phenoxy) is 1. The van der Waals surface area contributed by atoms with E-state index in [-0.39, 0.29) is 25.1 Å². The Kier molecular flexibility index (Phi) is 58.1. The van der Waals surface area contributed by atoms with Crippen molar-refractivity contribution in [3.05, 3.63) is 36.5 Å². The molecule has 3 atom stereocenters. The number of unbranched alkanes of at least 4 members (excludes halogenated alkanes) is 43. The summed E-state index contributed by atoms with van der Waals surface area (Å²) in [6.07, 6.45) is 72.9. The monoisotopic (exact) mass is 1130 g/mol. The highest BCUT2D eigenvalue weighted by Crippen LogP contribution is 2.43. The first kappa shape index (κ1) is 77.2. The van der Waals surface area contributed by atoms with Crippen molar-refractivity contribution < 1.29 is 37.3 Å². The van der Waals surface area contributed by atoms with Gasteiger partial charge in [-0.05, 0) is 63.9 Å². The second kappa shape index (κ2) is 59.4. The highest BCUT2D eigenvalue weighted by Gasteiger charge is 2.30. The third-order valence-corrected chi connectivity index (χ3v) is 16.6. The van der Waals surface area contributed by atoms with Crippen LogP contribution in [0, 0.1) is 0 Å². The number of nitrogens with zero attached hydrogens (tertiary/aromatic N) is 1. The predicted octanol–water partition coefficient (Wildman–Crippen LogP) is 21.5. The molecular weight excluding hydrogens is 1000 g/mol. The van der Waals surface area contributed by atoms with E-state index in [1.807, 2.05) is 33.3 Å². The van der Waals surface area contributed by atoms with Crippen LogP contribution in [0.2, 0.25) is 0 Å². The van der Waals surface area contributed by atoms with Gasteiger partial charge in [0.05, 0.1) is 33.8 Å². The predicted molar refractivity (Wildman–Crippen MR) is 342 cm³/mol. The minimum Gasteiger partial charge on any atom is -0.456 e. The van der Waals surface area contributed by atoms with Gasteiger partial charge in [0.25, 0.3) is 0 Å². The Balaban J connectivity index is 5.15. The summed E-state index contributed by atoms with van der Waals surface area (Å²) >= 11 is 0. The topological polar surface area (TPSA) is 111 Å². The molecule has 3 unspecified atom stereocenters. The van der Waals surface area contributed by atoms with Crippen LogP contribution in [0.3, 0.4) is 0 Å². The molecule has 0 saturated heterocycles. The fourth-order valence-corrected chi connectivity index (χ4v) is 11.0. The van der Waals surface area contributed by atoms with E-state index in [0.717, 1.165) is 64.2 Å². The number of nitrogens with one attached hydrogen (secondary N) is 1. The van der Waals surface area contributed by atoms with Crippen molar-refractivity contribution in [3.8, 4) is 0 Å². The number of quaternary nitrogens is 1. The largest absolute Gasteiger partial charge is 0.472 e. The Morgan fingerprint density at radius 2 is 0.772 bits per heavy atom. The zero-order valence-corrected chi connectivity index (χ0v) is 54.3. The summed E-state index contributed by atoms with van der Waals surface area (Å²) in [6, 6.07) is -0.847. The van der Waals surface area contributed by atoms with Crippen LogP contribution in [0.5, 0.6) is 0 Å². The lowest BCUT2D eigenvalue weighted by molar-refractivity contribution is -0.870. The van der Waals surface area contributed by atoms with Gasteiger partial charge in [-0.2, -0.15) is 0 Å². The number of carbonyl (C=O) groups is 2. The van der Waals surface area contributed by atoms with Crippen molar-refractivity contribution >= 4 is 19.7 Å². The molecule has 1 amide bonds. The van der Waals surface area contributed by atoms with Crippen molar-refractivity contribution in [2.45, 2.75) is 354 Å². The fourth-order valence-electron chi connectivity index (χ4n) is 10.3. The van der Waals surface area contributed by atoms with Crippen LogP contribution in [0.4, 0.5) is 0 Å².